The lowest BCUT2D eigenvalue weighted by Gasteiger charge is -2.34. The molecule has 1 aliphatic rings. The summed E-state index contributed by atoms with van der Waals surface area (Å²) in [5, 5.41) is 9.59. The Hall–Kier alpha value is -2.53. The second kappa shape index (κ2) is 7.38. The van der Waals surface area contributed by atoms with E-state index in [0.29, 0.717) is 25.2 Å². The number of nitrogens with zero attached hydrogens (tertiary/aromatic N) is 2. The maximum Gasteiger partial charge on any atom is 0.254 e. The molecule has 5 nitrogen and oxygen atoms in total. The fourth-order valence-corrected chi connectivity index (χ4v) is 3.17. The quantitative estimate of drug-likeness (QED) is 0.900. The molecule has 0 spiro atoms. The van der Waals surface area contributed by atoms with Crippen LogP contribution >= 0.6 is 11.6 Å². The molecule has 0 radical (unpaired) electrons. The third-order valence-corrected chi connectivity index (χ3v) is 5.05. The number of amides is 2. The summed E-state index contributed by atoms with van der Waals surface area (Å²) >= 11 is 5.87. The lowest BCUT2D eigenvalue weighted by Crippen LogP contribution is -2.51. The van der Waals surface area contributed by atoms with Gasteiger partial charge in [-0.3, -0.25) is 9.59 Å². The number of hydrogen-bond donors (Lipinski definition) is 1. The average molecular weight is 373 g/mol. The number of benzene rings is 2. The van der Waals surface area contributed by atoms with E-state index in [1.807, 2.05) is 6.07 Å². The molecule has 6 heteroatoms. The second-order valence-electron chi connectivity index (χ2n) is 6.63. The fourth-order valence-electron chi connectivity index (χ4n) is 2.99. The molecular formula is C20H21ClN2O3. The zero-order valence-corrected chi connectivity index (χ0v) is 15.6. The SMILES string of the molecule is Cc1ccc(CN2CCN(C(=O)c3ccc(O)c(Cl)c3)CC2=O)cc1C. The second-order valence-corrected chi connectivity index (χ2v) is 7.03. The van der Waals surface area contributed by atoms with Crippen molar-refractivity contribution < 1.29 is 14.7 Å². The van der Waals surface area contributed by atoms with E-state index < -0.39 is 0 Å². The lowest BCUT2D eigenvalue weighted by atomic mass is 10.1. The van der Waals surface area contributed by atoms with Crippen LogP contribution in [0.5, 0.6) is 5.75 Å². The first-order chi connectivity index (χ1) is 12.3. The Balaban J connectivity index is 1.66. The maximum absolute atomic E-state index is 12.6. The summed E-state index contributed by atoms with van der Waals surface area (Å²) in [6.45, 7) is 5.66. The summed E-state index contributed by atoms with van der Waals surface area (Å²) in [6.07, 6.45) is 0. The Labute approximate surface area is 157 Å². The van der Waals surface area contributed by atoms with Crippen molar-refractivity contribution in [2.75, 3.05) is 19.6 Å². The van der Waals surface area contributed by atoms with Crippen molar-refractivity contribution in [2.24, 2.45) is 0 Å². The van der Waals surface area contributed by atoms with E-state index in [-0.39, 0.29) is 29.1 Å². The first-order valence-corrected chi connectivity index (χ1v) is 8.84. The van der Waals surface area contributed by atoms with Gasteiger partial charge in [-0.1, -0.05) is 29.8 Å². The number of halogens is 1. The average Bonchev–Trinajstić information content (AvgIpc) is 2.61. The minimum absolute atomic E-state index is 0.0438. The molecule has 26 heavy (non-hydrogen) atoms. The van der Waals surface area contributed by atoms with Gasteiger partial charge in [0.25, 0.3) is 5.91 Å². The number of carbonyl (C=O) groups is 2. The fraction of sp³-hybridized carbons (Fsp3) is 0.300. The third-order valence-electron chi connectivity index (χ3n) is 4.75. The number of hydrogen-bond acceptors (Lipinski definition) is 3. The molecule has 1 N–H and O–H groups in total. The minimum Gasteiger partial charge on any atom is -0.506 e. The number of aryl methyl sites for hydroxylation is 2. The van der Waals surface area contributed by atoms with Crippen LogP contribution in [-0.4, -0.2) is 46.4 Å². The first-order valence-electron chi connectivity index (χ1n) is 8.47. The van der Waals surface area contributed by atoms with E-state index in [4.69, 9.17) is 11.6 Å². The molecule has 0 unspecified atom stereocenters. The maximum atomic E-state index is 12.6. The van der Waals surface area contributed by atoms with Gasteiger partial charge in [-0.05, 0) is 48.7 Å². The van der Waals surface area contributed by atoms with Gasteiger partial charge in [-0.15, -0.1) is 0 Å². The molecule has 0 atom stereocenters. The van der Waals surface area contributed by atoms with Crippen molar-refractivity contribution >= 4 is 23.4 Å². The number of rotatable bonds is 3. The van der Waals surface area contributed by atoms with Crippen molar-refractivity contribution in [1.29, 1.82) is 0 Å². The van der Waals surface area contributed by atoms with Gasteiger partial charge in [-0.2, -0.15) is 0 Å². The topological polar surface area (TPSA) is 60.9 Å². The van der Waals surface area contributed by atoms with E-state index in [9.17, 15) is 14.7 Å². The number of phenolic OH excluding ortho intramolecular Hbond substituents is 1. The van der Waals surface area contributed by atoms with Crippen molar-refractivity contribution in [3.05, 3.63) is 63.7 Å². The van der Waals surface area contributed by atoms with E-state index in [1.54, 1.807) is 4.90 Å². The van der Waals surface area contributed by atoms with Gasteiger partial charge in [0.15, 0.2) is 0 Å². The van der Waals surface area contributed by atoms with Crippen molar-refractivity contribution in [1.82, 2.24) is 9.80 Å². The predicted octanol–water partition coefficient (Wildman–Crippen LogP) is 3.15. The van der Waals surface area contributed by atoms with Gasteiger partial charge in [0.2, 0.25) is 5.91 Å². The lowest BCUT2D eigenvalue weighted by molar-refractivity contribution is -0.135. The highest BCUT2D eigenvalue weighted by molar-refractivity contribution is 6.32. The Morgan fingerprint density at radius 3 is 2.54 bits per heavy atom. The van der Waals surface area contributed by atoms with Crippen LogP contribution in [0.4, 0.5) is 0 Å². The molecule has 1 aliphatic heterocycles. The van der Waals surface area contributed by atoms with Crippen LogP contribution in [0.2, 0.25) is 5.02 Å². The molecule has 2 aromatic rings. The standard InChI is InChI=1S/C20H21ClN2O3/c1-13-3-4-15(9-14(13)2)11-22-7-8-23(12-19(22)25)20(26)16-5-6-18(24)17(21)10-16/h3-6,9-10,24H,7-8,11-12H2,1-2H3. The Morgan fingerprint density at radius 1 is 1.12 bits per heavy atom. The Kier molecular flexibility index (Phi) is 5.18. The van der Waals surface area contributed by atoms with E-state index in [0.717, 1.165) is 5.56 Å². The van der Waals surface area contributed by atoms with Crippen LogP contribution in [0, 0.1) is 13.8 Å². The first kappa shape index (κ1) is 18.3. The number of phenols is 1. The van der Waals surface area contributed by atoms with Crippen LogP contribution in [0.3, 0.4) is 0 Å². The van der Waals surface area contributed by atoms with Crippen LogP contribution in [0.1, 0.15) is 27.0 Å². The van der Waals surface area contributed by atoms with E-state index in [1.165, 1.54) is 34.2 Å². The molecule has 2 aromatic carbocycles. The highest BCUT2D eigenvalue weighted by Crippen LogP contribution is 2.24. The van der Waals surface area contributed by atoms with Crippen molar-refractivity contribution in [3.8, 4) is 5.75 Å². The monoisotopic (exact) mass is 372 g/mol. The van der Waals surface area contributed by atoms with Gasteiger partial charge in [0.05, 0.1) is 5.02 Å². The largest absolute Gasteiger partial charge is 0.506 e. The van der Waals surface area contributed by atoms with Crippen LogP contribution in [0.15, 0.2) is 36.4 Å². The van der Waals surface area contributed by atoms with Gasteiger partial charge >= 0.3 is 0 Å². The molecular weight excluding hydrogens is 352 g/mol. The number of piperazine rings is 1. The zero-order valence-electron chi connectivity index (χ0n) is 14.8. The van der Waals surface area contributed by atoms with E-state index >= 15 is 0 Å². The summed E-state index contributed by atoms with van der Waals surface area (Å²) in [4.78, 5) is 28.3. The summed E-state index contributed by atoms with van der Waals surface area (Å²) < 4.78 is 0. The van der Waals surface area contributed by atoms with Crippen molar-refractivity contribution in [2.45, 2.75) is 20.4 Å². The summed E-state index contributed by atoms with van der Waals surface area (Å²) in [5.74, 6) is -0.406. The molecule has 0 saturated carbocycles. The number of carbonyl (C=O) groups excluding carboxylic acids is 2. The zero-order chi connectivity index (χ0) is 18.8. The van der Waals surface area contributed by atoms with Crippen LogP contribution in [-0.2, 0) is 11.3 Å². The summed E-state index contributed by atoms with van der Waals surface area (Å²) in [5.41, 5.74) is 3.88. The predicted molar refractivity (Wildman–Crippen MR) is 100 cm³/mol. The molecule has 1 saturated heterocycles. The molecule has 0 aromatic heterocycles. The highest BCUT2D eigenvalue weighted by Gasteiger charge is 2.28. The van der Waals surface area contributed by atoms with E-state index in [2.05, 4.69) is 26.0 Å². The highest BCUT2D eigenvalue weighted by atomic mass is 35.5. The summed E-state index contributed by atoms with van der Waals surface area (Å²) in [7, 11) is 0. The summed E-state index contributed by atoms with van der Waals surface area (Å²) in [6, 6.07) is 10.5. The Bertz CT molecular complexity index is 866. The number of aromatic hydroxyl groups is 1. The molecule has 1 heterocycles. The van der Waals surface area contributed by atoms with Gasteiger partial charge in [-0.25, -0.2) is 0 Å². The van der Waals surface area contributed by atoms with Crippen molar-refractivity contribution in [3.63, 3.8) is 0 Å². The molecule has 3 rings (SSSR count). The molecule has 136 valence electrons. The van der Waals surface area contributed by atoms with Gasteiger partial charge in [0.1, 0.15) is 12.3 Å². The smallest absolute Gasteiger partial charge is 0.254 e. The van der Waals surface area contributed by atoms with Gasteiger partial charge < -0.3 is 14.9 Å². The molecule has 0 bridgehead atoms. The van der Waals surface area contributed by atoms with Crippen LogP contribution < -0.4 is 0 Å². The molecule has 1 fully saturated rings. The Morgan fingerprint density at radius 2 is 1.88 bits per heavy atom. The normalized spacial score (nSPS) is 14.7. The van der Waals surface area contributed by atoms with Gasteiger partial charge in [0, 0.05) is 25.2 Å². The van der Waals surface area contributed by atoms with Crippen LogP contribution in [0.25, 0.3) is 0 Å². The molecule has 0 aliphatic carbocycles. The minimum atomic E-state index is -0.258. The molecule has 2 amide bonds. The third kappa shape index (κ3) is 3.83.